The lowest BCUT2D eigenvalue weighted by Crippen LogP contribution is -2.28. The minimum atomic E-state index is 0.291. The first-order valence-electron chi connectivity index (χ1n) is 7.47. The van der Waals surface area contributed by atoms with Gasteiger partial charge in [-0.25, -0.2) is 0 Å². The first-order chi connectivity index (χ1) is 11.8. The van der Waals surface area contributed by atoms with Gasteiger partial charge in [0.05, 0.1) is 11.2 Å². The van der Waals surface area contributed by atoms with Gasteiger partial charge < -0.3 is 5.73 Å². The van der Waals surface area contributed by atoms with Gasteiger partial charge in [0, 0.05) is 17.1 Å². The number of nitrogens with two attached hydrogens (primary N) is 1. The molecule has 24 heavy (non-hydrogen) atoms. The third kappa shape index (κ3) is 2.61. The Morgan fingerprint density at radius 1 is 0.917 bits per heavy atom. The zero-order chi connectivity index (χ0) is 16.4. The van der Waals surface area contributed by atoms with Crippen molar-refractivity contribution in [3.05, 3.63) is 72.4 Å². The highest BCUT2D eigenvalue weighted by Crippen LogP contribution is 2.17. The van der Waals surface area contributed by atoms with Gasteiger partial charge in [-0.05, 0) is 30.3 Å². The second-order valence-corrected chi connectivity index (χ2v) is 5.28. The van der Waals surface area contributed by atoms with Gasteiger partial charge in [0.25, 0.3) is 0 Å². The molecular formula is C18H14N6. The molecule has 1 aliphatic rings. The lowest BCUT2D eigenvalue weighted by atomic mass is 10.0. The zero-order valence-corrected chi connectivity index (χ0v) is 12.7. The molecule has 0 saturated carbocycles. The van der Waals surface area contributed by atoms with Crippen molar-refractivity contribution < 1.29 is 0 Å². The Balaban J connectivity index is 1.68. The summed E-state index contributed by atoms with van der Waals surface area (Å²) < 4.78 is 0. The summed E-state index contributed by atoms with van der Waals surface area (Å²) in [6.07, 6.45) is 1.77. The summed E-state index contributed by atoms with van der Waals surface area (Å²) in [4.78, 5) is 4.32. The molecule has 3 N–H and O–H groups in total. The van der Waals surface area contributed by atoms with E-state index in [0.29, 0.717) is 17.3 Å². The Morgan fingerprint density at radius 2 is 1.79 bits per heavy atom. The summed E-state index contributed by atoms with van der Waals surface area (Å²) in [5.74, 6) is 0.291. The highest BCUT2D eigenvalue weighted by atomic mass is 15.3. The van der Waals surface area contributed by atoms with Crippen molar-refractivity contribution in [2.45, 2.75) is 0 Å². The lowest BCUT2D eigenvalue weighted by molar-refractivity contribution is 1.26. The van der Waals surface area contributed by atoms with Crippen molar-refractivity contribution in [1.82, 2.24) is 4.98 Å². The lowest BCUT2D eigenvalue weighted by Gasteiger charge is -2.06. The molecule has 0 atom stereocenters. The number of nitrogens with zero attached hydrogens (tertiary/aromatic N) is 4. The fourth-order valence-electron chi connectivity index (χ4n) is 2.48. The van der Waals surface area contributed by atoms with Gasteiger partial charge in [-0.2, -0.15) is 5.10 Å². The number of pyridine rings is 1. The van der Waals surface area contributed by atoms with E-state index in [2.05, 4.69) is 25.7 Å². The van der Waals surface area contributed by atoms with Crippen LogP contribution in [0.25, 0.3) is 10.9 Å². The molecule has 0 bridgehead atoms. The molecule has 0 spiro atoms. The Kier molecular flexibility index (Phi) is 3.47. The first kappa shape index (κ1) is 14.1. The normalized spacial score (nSPS) is 15.4. The molecule has 4 rings (SSSR count). The van der Waals surface area contributed by atoms with Crippen LogP contribution in [-0.2, 0) is 0 Å². The van der Waals surface area contributed by atoms with Crippen molar-refractivity contribution in [1.29, 1.82) is 0 Å². The topological polar surface area (TPSA) is 88.0 Å². The average Bonchev–Trinajstić information content (AvgIpc) is 3.01. The average molecular weight is 314 g/mol. The molecule has 1 aromatic heterocycles. The Hall–Kier alpha value is -3.54. The highest BCUT2D eigenvalue weighted by molar-refractivity contribution is 6.72. The molecule has 0 amide bonds. The highest BCUT2D eigenvalue weighted by Gasteiger charge is 2.21. The number of para-hydroxylation sites is 1. The number of hydrazone groups is 1. The van der Waals surface area contributed by atoms with Crippen molar-refractivity contribution >= 4 is 33.8 Å². The summed E-state index contributed by atoms with van der Waals surface area (Å²) >= 11 is 0. The molecule has 1 aliphatic heterocycles. The van der Waals surface area contributed by atoms with E-state index in [1.54, 1.807) is 6.20 Å². The van der Waals surface area contributed by atoms with Crippen molar-refractivity contribution in [3.63, 3.8) is 0 Å². The summed E-state index contributed by atoms with van der Waals surface area (Å²) in [7, 11) is 0. The maximum Gasteiger partial charge on any atom is 0.176 e. The van der Waals surface area contributed by atoms with E-state index in [-0.39, 0.29) is 0 Å². The van der Waals surface area contributed by atoms with Crippen LogP contribution < -0.4 is 11.2 Å². The van der Waals surface area contributed by atoms with Crippen LogP contribution in [0.5, 0.6) is 0 Å². The van der Waals surface area contributed by atoms with Crippen LogP contribution in [0.1, 0.15) is 5.56 Å². The predicted octanol–water partition coefficient (Wildman–Crippen LogP) is 2.78. The number of rotatable bonds is 3. The Morgan fingerprint density at radius 3 is 2.67 bits per heavy atom. The molecule has 6 heteroatoms. The minimum absolute atomic E-state index is 0.291. The van der Waals surface area contributed by atoms with Gasteiger partial charge in [0.15, 0.2) is 11.5 Å². The van der Waals surface area contributed by atoms with Crippen molar-refractivity contribution in [3.8, 4) is 0 Å². The smallest absolute Gasteiger partial charge is 0.176 e. The van der Waals surface area contributed by atoms with E-state index in [4.69, 9.17) is 5.73 Å². The summed E-state index contributed by atoms with van der Waals surface area (Å²) in [5, 5.41) is 13.5. The van der Waals surface area contributed by atoms with Crippen molar-refractivity contribution in [2.75, 3.05) is 5.43 Å². The first-order valence-corrected chi connectivity index (χ1v) is 7.47. The number of aromatic nitrogens is 1. The molecule has 0 saturated heterocycles. The van der Waals surface area contributed by atoms with Crippen LogP contribution in [-0.4, -0.2) is 22.2 Å². The van der Waals surface area contributed by atoms with Gasteiger partial charge in [-0.15, -0.1) is 10.2 Å². The molecule has 0 aliphatic carbocycles. The maximum atomic E-state index is 5.94. The van der Waals surface area contributed by atoms with Gasteiger partial charge >= 0.3 is 0 Å². The molecule has 3 aromatic rings. The van der Waals surface area contributed by atoms with E-state index in [1.165, 1.54) is 0 Å². The predicted molar refractivity (Wildman–Crippen MR) is 97.4 cm³/mol. The number of fused-ring (bicyclic) bond motifs is 1. The molecule has 2 heterocycles. The third-order valence-corrected chi connectivity index (χ3v) is 3.67. The van der Waals surface area contributed by atoms with Crippen LogP contribution in [0.4, 0.5) is 5.69 Å². The second-order valence-electron chi connectivity index (χ2n) is 5.28. The van der Waals surface area contributed by atoms with E-state index in [9.17, 15) is 0 Å². The van der Waals surface area contributed by atoms with Crippen LogP contribution in [0.2, 0.25) is 0 Å². The Labute approximate surface area is 138 Å². The molecule has 0 radical (unpaired) electrons. The number of hydrogen-bond donors (Lipinski definition) is 2. The molecule has 0 unspecified atom stereocenters. The number of hydrogen-bond acceptors (Lipinski definition) is 6. The van der Waals surface area contributed by atoms with Gasteiger partial charge in [-0.1, -0.05) is 30.3 Å². The summed E-state index contributed by atoms with van der Waals surface area (Å²) in [5.41, 5.74) is 12.8. The zero-order valence-electron chi connectivity index (χ0n) is 12.7. The minimum Gasteiger partial charge on any atom is -0.380 e. The number of benzene rings is 2. The SMILES string of the molecule is NC1=NN=C(c2ccc3ncccc3c2)/C1=N\Nc1ccccc1. The monoisotopic (exact) mass is 314 g/mol. The van der Waals surface area contributed by atoms with E-state index in [0.717, 1.165) is 22.2 Å². The largest absolute Gasteiger partial charge is 0.380 e. The fraction of sp³-hybridized carbons (Fsp3) is 0. The van der Waals surface area contributed by atoms with Crippen LogP contribution in [0.3, 0.4) is 0 Å². The van der Waals surface area contributed by atoms with Gasteiger partial charge in [0.1, 0.15) is 5.71 Å². The fourth-order valence-corrected chi connectivity index (χ4v) is 2.48. The quantitative estimate of drug-likeness (QED) is 0.729. The Bertz CT molecular complexity index is 989. The molecule has 2 aromatic carbocycles. The molecule has 116 valence electrons. The van der Waals surface area contributed by atoms with Gasteiger partial charge in [-0.3, -0.25) is 10.4 Å². The summed E-state index contributed by atoms with van der Waals surface area (Å²) in [6.45, 7) is 0. The number of anilines is 1. The van der Waals surface area contributed by atoms with Crippen LogP contribution >= 0.6 is 0 Å². The second kappa shape index (κ2) is 5.92. The maximum absolute atomic E-state index is 5.94. The molecule has 0 fully saturated rings. The number of amidine groups is 1. The molecule has 6 nitrogen and oxygen atoms in total. The summed E-state index contributed by atoms with van der Waals surface area (Å²) in [6, 6.07) is 19.5. The van der Waals surface area contributed by atoms with Crippen molar-refractivity contribution in [2.24, 2.45) is 21.0 Å². The standard InChI is InChI=1S/C18H14N6/c19-18-17(23-21-14-6-2-1-3-7-14)16(22-24-18)13-8-9-15-12(11-13)5-4-10-20-15/h1-11,21H,(H2,19,23,24). The number of nitrogens with one attached hydrogen (secondary N) is 1. The van der Waals surface area contributed by atoms with E-state index >= 15 is 0 Å². The van der Waals surface area contributed by atoms with E-state index in [1.807, 2.05) is 60.7 Å². The van der Waals surface area contributed by atoms with E-state index < -0.39 is 0 Å². The van der Waals surface area contributed by atoms with Crippen LogP contribution in [0, 0.1) is 0 Å². The molecular weight excluding hydrogens is 300 g/mol. The van der Waals surface area contributed by atoms with Gasteiger partial charge in [0.2, 0.25) is 0 Å². The van der Waals surface area contributed by atoms with Crippen LogP contribution in [0.15, 0.2) is 82.2 Å². The third-order valence-electron chi connectivity index (χ3n) is 3.67.